The van der Waals surface area contributed by atoms with Gasteiger partial charge in [0, 0.05) is 11.5 Å². The summed E-state index contributed by atoms with van der Waals surface area (Å²) in [5.74, 6) is 2.15. The number of Topliss-reactive ketones (excluding diaryl/α,β-unsaturated/α-hetero) is 1. The Bertz CT molecular complexity index is 436. The quantitative estimate of drug-likeness (QED) is 0.710. The number of benzene rings is 1. The summed E-state index contributed by atoms with van der Waals surface area (Å²) in [4.78, 5) is 12.1. The average molecular weight is 216 g/mol. The summed E-state index contributed by atoms with van der Waals surface area (Å²) < 4.78 is 5.54. The van der Waals surface area contributed by atoms with Gasteiger partial charge in [0.15, 0.2) is 5.78 Å². The third-order valence-electron chi connectivity index (χ3n) is 3.64. The van der Waals surface area contributed by atoms with E-state index in [1.165, 1.54) is 5.56 Å². The molecule has 1 aliphatic heterocycles. The van der Waals surface area contributed by atoms with Crippen molar-refractivity contribution < 1.29 is 9.53 Å². The molecule has 0 aromatic heterocycles. The van der Waals surface area contributed by atoms with Crippen LogP contribution in [0.2, 0.25) is 0 Å². The lowest BCUT2D eigenvalue weighted by Crippen LogP contribution is -2.10. The van der Waals surface area contributed by atoms with Crippen molar-refractivity contribution in [3.05, 3.63) is 29.3 Å². The summed E-state index contributed by atoms with van der Waals surface area (Å²) in [6.07, 6.45) is 3.16. The van der Waals surface area contributed by atoms with Crippen LogP contribution in [-0.2, 0) is 6.42 Å². The van der Waals surface area contributed by atoms with Crippen LogP contribution in [0.4, 0.5) is 0 Å². The number of fused-ring (bicyclic) bond motifs is 1. The minimum absolute atomic E-state index is 0.280. The van der Waals surface area contributed by atoms with E-state index in [0.29, 0.717) is 11.7 Å². The van der Waals surface area contributed by atoms with Crippen LogP contribution in [0, 0.1) is 11.8 Å². The third kappa shape index (κ3) is 1.62. The van der Waals surface area contributed by atoms with E-state index in [4.69, 9.17) is 4.74 Å². The molecule has 0 radical (unpaired) electrons. The number of ether oxygens (including phenoxy) is 1. The molecule has 84 valence electrons. The highest BCUT2D eigenvalue weighted by Gasteiger charge is 2.39. The van der Waals surface area contributed by atoms with Crippen LogP contribution in [0.25, 0.3) is 0 Å². The topological polar surface area (TPSA) is 26.3 Å². The van der Waals surface area contributed by atoms with Gasteiger partial charge in [-0.1, -0.05) is 6.92 Å². The van der Waals surface area contributed by atoms with Gasteiger partial charge in [-0.05, 0) is 48.9 Å². The Morgan fingerprint density at radius 3 is 3.00 bits per heavy atom. The van der Waals surface area contributed by atoms with E-state index >= 15 is 0 Å². The largest absolute Gasteiger partial charge is 0.493 e. The monoisotopic (exact) mass is 216 g/mol. The number of carbonyl (C=O) groups is 1. The van der Waals surface area contributed by atoms with Crippen LogP contribution in [0.5, 0.6) is 5.75 Å². The van der Waals surface area contributed by atoms with Crippen molar-refractivity contribution in [2.24, 2.45) is 11.8 Å². The maximum absolute atomic E-state index is 12.1. The van der Waals surface area contributed by atoms with Crippen molar-refractivity contribution in [2.75, 3.05) is 6.61 Å². The molecule has 2 atom stereocenters. The standard InChI is InChI=1S/C14H16O2/c1-9-7-12(9)14(15)11-4-5-13-10(8-11)3-2-6-16-13/h4-5,8-9,12H,2-3,6-7H2,1H3. The first kappa shape index (κ1) is 9.88. The normalized spacial score (nSPS) is 26.8. The molecule has 2 nitrogen and oxygen atoms in total. The third-order valence-corrected chi connectivity index (χ3v) is 3.64. The molecule has 1 aromatic rings. The second kappa shape index (κ2) is 3.62. The first-order valence-corrected chi connectivity index (χ1v) is 6.05. The smallest absolute Gasteiger partial charge is 0.166 e. The molecular weight excluding hydrogens is 200 g/mol. The van der Waals surface area contributed by atoms with Crippen LogP contribution >= 0.6 is 0 Å². The zero-order valence-corrected chi connectivity index (χ0v) is 9.53. The van der Waals surface area contributed by atoms with Crippen LogP contribution < -0.4 is 4.74 Å². The van der Waals surface area contributed by atoms with E-state index in [-0.39, 0.29) is 5.92 Å². The number of hydrogen-bond donors (Lipinski definition) is 0. The van der Waals surface area contributed by atoms with Gasteiger partial charge in [-0.3, -0.25) is 4.79 Å². The molecular formula is C14H16O2. The zero-order valence-electron chi connectivity index (χ0n) is 9.53. The maximum atomic E-state index is 12.1. The summed E-state index contributed by atoms with van der Waals surface area (Å²) in [5.41, 5.74) is 2.07. The predicted molar refractivity (Wildman–Crippen MR) is 61.9 cm³/mol. The van der Waals surface area contributed by atoms with Crippen molar-refractivity contribution in [1.29, 1.82) is 0 Å². The van der Waals surface area contributed by atoms with Crippen molar-refractivity contribution in [2.45, 2.75) is 26.2 Å². The highest BCUT2D eigenvalue weighted by atomic mass is 16.5. The molecule has 0 amide bonds. The fraction of sp³-hybridized carbons (Fsp3) is 0.500. The highest BCUT2D eigenvalue weighted by molar-refractivity contribution is 5.99. The Kier molecular flexibility index (Phi) is 2.23. The lowest BCUT2D eigenvalue weighted by atomic mass is 9.99. The number of carbonyl (C=O) groups excluding carboxylic acids is 1. The van der Waals surface area contributed by atoms with Gasteiger partial charge in [-0.2, -0.15) is 0 Å². The van der Waals surface area contributed by atoms with E-state index in [2.05, 4.69) is 6.92 Å². The van der Waals surface area contributed by atoms with Crippen LogP contribution in [0.3, 0.4) is 0 Å². The second-order valence-corrected chi connectivity index (χ2v) is 4.96. The molecule has 1 fully saturated rings. The van der Waals surface area contributed by atoms with Crippen LogP contribution in [-0.4, -0.2) is 12.4 Å². The number of aryl methyl sites for hydroxylation is 1. The van der Waals surface area contributed by atoms with Gasteiger partial charge in [0.25, 0.3) is 0 Å². The Morgan fingerprint density at radius 1 is 1.44 bits per heavy atom. The van der Waals surface area contributed by atoms with Crippen LogP contribution in [0.15, 0.2) is 18.2 Å². The molecule has 2 heteroatoms. The van der Waals surface area contributed by atoms with Gasteiger partial charge >= 0.3 is 0 Å². The zero-order chi connectivity index (χ0) is 11.1. The number of hydrogen-bond acceptors (Lipinski definition) is 2. The molecule has 0 spiro atoms. The average Bonchev–Trinajstić information content (AvgIpc) is 3.05. The SMILES string of the molecule is CC1CC1C(=O)c1ccc2c(c1)CCCO2. The Balaban J connectivity index is 1.88. The first-order valence-electron chi connectivity index (χ1n) is 6.05. The first-order chi connectivity index (χ1) is 7.75. The molecule has 1 aromatic carbocycles. The molecule has 2 unspecified atom stereocenters. The van der Waals surface area contributed by atoms with E-state index in [9.17, 15) is 4.79 Å². The summed E-state index contributed by atoms with van der Waals surface area (Å²) >= 11 is 0. The van der Waals surface area contributed by atoms with E-state index in [1.54, 1.807) is 0 Å². The van der Waals surface area contributed by atoms with Crippen molar-refractivity contribution in [1.82, 2.24) is 0 Å². The van der Waals surface area contributed by atoms with Gasteiger partial charge in [-0.25, -0.2) is 0 Å². The van der Waals surface area contributed by atoms with Crippen molar-refractivity contribution in [3.63, 3.8) is 0 Å². The molecule has 0 N–H and O–H groups in total. The molecule has 1 aliphatic carbocycles. The maximum Gasteiger partial charge on any atom is 0.166 e. The number of rotatable bonds is 2. The van der Waals surface area contributed by atoms with Gasteiger partial charge in [0.05, 0.1) is 6.61 Å². The molecule has 1 saturated carbocycles. The Labute approximate surface area is 95.6 Å². The van der Waals surface area contributed by atoms with Crippen molar-refractivity contribution >= 4 is 5.78 Å². The lowest BCUT2D eigenvalue weighted by molar-refractivity contribution is 0.0962. The van der Waals surface area contributed by atoms with Gasteiger partial charge in [0.2, 0.25) is 0 Å². The fourth-order valence-electron chi connectivity index (χ4n) is 2.42. The summed E-state index contributed by atoms with van der Waals surface area (Å²) in [6, 6.07) is 5.90. The summed E-state index contributed by atoms with van der Waals surface area (Å²) in [6.45, 7) is 2.95. The second-order valence-electron chi connectivity index (χ2n) is 4.96. The highest BCUT2D eigenvalue weighted by Crippen LogP contribution is 2.40. The summed E-state index contributed by atoms with van der Waals surface area (Å²) in [7, 11) is 0. The predicted octanol–water partition coefficient (Wildman–Crippen LogP) is 2.85. The molecule has 0 saturated heterocycles. The van der Waals surface area contributed by atoms with Crippen LogP contribution in [0.1, 0.15) is 35.7 Å². The molecule has 2 aliphatic rings. The fourth-order valence-corrected chi connectivity index (χ4v) is 2.42. The minimum atomic E-state index is 0.280. The Hall–Kier alpha value is -1.31. The molecule has 3 rings (SSSR count). The molecule has 1 heterocycles. The summed E-state index contributed by atoms with van der Waals surface area (Å²) in [5, 5.41) is 0. The van der Waals surface area contributed by atoms with Gasteiger partial charge < -0.3 is 4.74 Å². The molecule has 16 heavy (non-hydrogen) atoms. The van der Waals surface area contributed by atoms with E-state index in [1.807, 2.05) is 18.2 Å². The van der Waals surface area contributed by atoms with Gasteiger partial charge in [-0.15, -0.1) is 0 Å². The lowest BCUT2D eigenvalue weighted by Gasteiger charge is -2.17. The number of ketones is 1. The van der Waals surface area contributed by atoms with E-state index in [0.717, 1.165) is 37.2 Å². The molecule has 0 bridgehead atoms. The minimum Gasteiger partial charge on any atom is -0.493 e. The van der Waals surface area contributed by atoms with Gasteiger partial charge in [0.1, 0.15) is 5.75 Å². The van der Waals surface area contributed by atoms with E-state index < -0.39 is 0 Å². The van der Waals surface area contributed by atoms with Crippen molar-refractivity contribution in [3.8, 4) is 5.75 Å². The Morgan fingerprint density at radius 2 is 2.25 bits per heavy atom.